The van der Waals surface area contributed by atoms with Crippen LogP contribution in [0.5, 0.6) is 0 Å². The van der Waals surface area contributed by atoms with Crippen molar-refractivity contribution in [3.8, 4) is 12.3 Å². The molecule has 0 aromatic carbocycles. The van der Waals surface area contributed by atoms with Gasteiger partial charge in [0.05, 0.1) is 6.04 Å². The lowest BCUT2D eigenvalue weighted by Gasteiger charge is -1.99. The van der Waals surface area contributed by atoms with Gasteiger partial charge in [0.1, 0.15) is 0 Å². The predicted octanol–water partition coefficient (Wildman–Crippen LogP) is -0.777. The Hall–Kier alpha value is -1.41. The van der Waals surface area contributed by atoms with Crippen molar-refractivity contribution in [3.05, 3.63) is 5.82 Å². The summed E-state index contributed by atoms with van der Waals surface area (Å²) >= 11 is 0. The van der Waals surface area contributed by atoms with E-state index in [-0.39, 0.29) is 6.04 Å². The molecule has 0 bridgehead atoms. The molecule has 0 aliphatic heterocycles. The molecule has 5 heteroatoms. The Morgan fingerprint density at radius 2 is 2.60 bits per heavy atom. The van der Waals surface area contributed by atoms with E-state index >= 15 is 0 Å². The van der Waals surface area contributed by atoms with E-state index in [0.29, 0.717) is 12.2 Å². The third kappa shape index (κ3) is 1.30. The number of nitrogens with two attached hydrogens (primary N) is 1. The van der Waals surface area contributed by atoms with E-state index in [1.165, 1.54) is 0 Å². The maximum atomic E-state index is 5.53. The zero-order chi connectivity index (χ0) is 7.40. The molecule has 1 aromatic heterocycles. The van der Waals surface area contributed by atoms with E-state index < -0.39 is 0 Å². The fraction of sp³-hybridized carbons (Fsp3) is 0.400. The molecule has 1 heterocycles. The highest BCUT2D eigenvalue weighted by molar-refractivity contribution is 4.96. The molecule has 0 aliphatic carbocycles. The molecule has 0 saturated carbocycles. The molecular formula is C5H7N5. The number of aromatic nitrogens is 4. The lowest BCUT2D eigenvalue weighted by atomic mass is 10.2. The van der Waals surface area contributed by atoms with Crippen molar-refractivity contribution in [2.24, 2.45) is 5.73 Å². The Morgan fingerprint density at radius 1 is 1.80 bits per heavy atom. The zero-order valence-electron chi connectivity index (χ0n) is 5.28. The van der Waals surface area contributed by atoms with Crippen molar-refractivity contribution < 1.29 is 0 Å². The molecule has 3 N–H and O–H groups in total. The van der Waals surface area contributed by atoms with Crippen LogP contribution < -0.4 is 5.73 Å². The summed E-state index contributed by atoms with van der Waals surface area (Å²) < 4.78 is 0. The van der Waals surface area contributed by atoms with E-state index in [2.05, 4.69) is 26.5 Å². The highest BCUT2D eigenvalue weighted by Gasteiger charge is 2.06. The third-order valence-electron chi connectivity index (χ3n) is 1.05. The topological polar surface area (TPSA) is 80.5 Å². The Bertz CT molecular complexity index is 221. The van der Waals surface area contributed by atoms with Crippen LogP contribution in [0.2, 0.25) is 0 Å². The average Bonchev–Trinajstić information content (AvgIpc) is 2.38. The number of hydrogen-bond donors (Lipinski definition) is 2. The van der Waals surface area contributed by atoms with Gasteiger partial charge in [-0.25, -0.2) is 5.10 Å². The summed E-state index contributed by atoms with van der Waals surface area (Å²) in [6.07, 6.45) is 5.46. The van der Waals surface area contributed by atoms with E-state index in [1.54, 1.807) is 0 Å². The summed E-state index contributed by atoms with van der Waals surface area (Å²) in [5, 5.41) is 12.8. The van der Waals surface area contributed by atoms with Crippen molar-refractivity contribution in [3.63, 3.8) is 0 Å². The lowest BCUT2D eigenvalue weighted by Crippen LogP contribution is -2.11. The Morgan fingerprint density at radius 3 is 3.10 bits per heavy atom. The second-order valence-corrected chi connectivity index (χ2v) is 1.80. The molecule has 0 radical (unpaired) electrons. The van der Waals surface area contributed by atoms with Crippen molar-refractivity contribution >= 4 is 0 Å². The number of tetrazole rings is 1. The van der Waals surface area contributed by atoms with E-state index in [1.807, 2.05) is 0 Å². The minimum Gasteiger partial charge on any atom is -0.320 e. The molecule has 0 fully saturated rings. The van der Waals surface area contributed by atoms with Gasteiger partial charge in [0, 0.05) is 6.42 Å². The molecular weight excluding hydrogens is 130 g/mol. The molecule has 1 atom stereocenters. The fourth-order valence-electron chi connectivity index (χ4n) is 0.547. The monoisotopic (exact) mass is 137 g/mol. The van der Waals surface area contributed by atoms with Crippen LogP contribution in [-0.2, 0) is 0 Å². The number of rotatable bonds is 2. The molecule has 0 spiro atoms. The van der Waals surface area contributed by atoms with Gasteiger partial charge in [-0.1, -0.05) is 0 Å². The quantitative estimate of drug-likeness (QED) is 0.524. The summed E-state index contributed by atoms with van der Waals surface area (Å²) in [6, 6.07) is -0.278. The molecule has 52 valence electrons. The highest BCUT2D eigenvalue weighted by Crippen LogP contribution is 2.03. The average molecular weight is 137 g/mol. The van der Waals surface area contributed by atoms with Gasteiger partial charge in [-0.05, 0) is 10.4 Å². The molecule has 1 aromatic rings. The van der Waals surface area contributed by atoms with Crippen LogP contribution in [0, 0.1) is 12.3 Å². The molecule has 5 nitrogen and oxygen atoms in total. The van der Waals surface area contributed by atoms with Gasteiger partial charge in [0.2, 0.25) is 0 Å². The first-order valence-corrected chi connectivity index (χ1v) is 2.77. The first-order chi connectivity index (χ1) is 4.84. The number of H-pyrrole nitrogens is 1. The van der Waals surface area contributed by atoms with Crippen LogP contribution in [-0.4, -0.2) is 20.6 Å². The van der Waals surface area contributed by atoms with Crippen molar-refractivity contribution in [2.45, 2.75) is 12.5 Å². The number of hydrogen-bond acceptors (Lipinski definition) is 4. The van der Waals surface area contributed by atoms with E-state index in [9.17, 15) is 0 Å². The third-order valence-corrected chi connectivity index (χ3v) is 1.05. The van der Waals surface area contributed by atoms with Crippen molar-refractivity contribution in [1.29, 1.82) is 0 Å². The van der Waals surface area contributed by atoms with Crippen LogP contribution in [0.3, 0.4) is 0 Å². The van der Waals surface area contributed by atoms with Gasteiger partial charge in [-0.3, -0.25) is 0 Å². The summed E-state index contributed by atoms with van der Waals surface area (Å²) in [6.45, 7) is 0. The molecule has 1 unspecified atom stereocenters. The summed E-state index contributed by atoms with van der Waals surface area (Å²) in [5.74, 6) is 2.94. The van der Waals surface area contributed by atoms with Crippen molar-refractivity contribution in [1.82, 2.24) is 20.6 Å². The van der Waals surface area contributed by atoms with Crippen LogP contribution in [0.1, 0.15) is 18.3 Å². The van der Waals surface area contributed by atoms with Crippen LogP contribution >= 0.6 is 0 Å². The van der Waals surface area contributed by atoms with Gasteiger partial charge in [0.25, 0.3) is 0 Å². The molecule has 0 aliphatic rings. The number of nitrogens with one attached hydrogen (secondary N) is 1. The fourth-order valence-corrected chi connectivity index (χ4v) is 0.547. The van der Waals surface area contributed by atoms with Crippen LogP contribution in [0.25, 0.3) is 0 Å². The first kappa shape index (κ1) is 6.71. The zero-order valence-corrected chi connectivity index (χ0v) is 5.28. The Kier molecular flexibility index (Phi) is 1.97. The van der Waals surface area contributed by atoms with Gasteiger partial charge in [-0.2, -0.15) is 0 Å². The molecule has 0 amide bonds. The maximum absolute atomic E-state index is 5.53. The SMILES string of the molecule is C#CCC(N)c1nnn[nH]1. The number of terminal acetylenes is 1. The first-order valence-electron chi connectivity index (χ1n) is 2.77. The summed E-state index contributed by atoms with van der Waals surface area (Å²) in [7, 11) is 0. The highest BCUT2D eigenvalue weighted by atomic mass is 15.5. The maximum Gasteiger partial charge on any atom is 0.166 e. The molecule has 10 heavy (non-hydrogen) atoms. The van der Waals surface area contributed by atoms with E-state index in [4.69, 9.17) is 12.2 Å². The minimum atomic E-state index is -0.278. The van der Waals surface area contributed by atoms with Crippen molar-refractivity contribution in [2.75, 3.05) is 0 Å². The Balaban J connectivity index is 2.61. The summed E-state index contributed by atoms with van der Waals surface area (Å²) in [5.41, 5.74) is 5.53. The summed E-state index contributed by atoms with van der Waals surface area (Å²) in [4.78, 5) is 0. The van der Waals surface area contributed by atoms with Gasteiger partial charge >= 0.3 is 0 Å². The van der Waals surface area contributed by atoms with E-state index in [0.717, 1.165) is 0 Å². The number of nitrogens with zero attached hydrogens (tertiary/aromatic N) is 3. The second-order valence-electron chi connectivity index (χ2n) is 1.80. The van der Waals surface area contributed by atoms with Crippen LogP contribution in [0.15, 0.2) is 0 Å². The smallest absolute Gasteiger partial charge is 0.166 e. The Labute approximate surface area is 58.0 Å². The predicted molar refractivity (Wildman–Crippen MR) is 34.6 cm³/mol. The minimum absolute atomic E-state index is 0.278. The lowest BCUT2D eigenvalue weighted by molar-refractivity contribution is 0.694. The normalized spacial score (nSPS) is 12.4. The van der Waals surface area contributed by atoms with Crippen LogP contribution in [0.4, 0.5) is 0 Å². The molecule has 0 saturated heterocycles. The van der Waals surface area contributed by atoms with Gasteiger partial charge in [0.15, 0.2) is 5.82 Å². The van der Waals surface area contributed by atoms with Gasteiger partial charge < -0.3 is 5.73 Å². The second kappa shape index (κ2) is 2.94. The number of aromatic amines is 1. The van der Waals surface area contributed by atoms with Gasteiger partial charge in [-0.15, -0.1) is 17.4 Å². The largest absolute Gasteiger partial charge is 0.320 e. The molecule has 1 rings (SSSR count). The standard InChI is InChI=1S/C5H7N5/c1-2-3-4(6)5-7-9-10-8-5/h1,4H,3,6H2,(H,7,8,9,10).